The van der Waals surface area contributed by atoms with Gasteiger partial charge in [0.1, 0.15) is 0 Å². The Balaban J connectivity index is 0.00000242. The van der Waals surface area contributed by atoms with E-state index >= 15 is 0 Å². The van der Waals surface area contributed by atoms with Gasteiger partial charge < -0.3 is 10.6 Å². The van der Waals surface area contributed by atoms with Gasteiger partial charge in [0.25, 0.3) is 0 Å². The summed E-state index contributed by atoms with van der Waals surface area (Å²) < 4.78 is 23.0. The minimum atomic E-state index is -3.03. The summed E-state index contributed by atoms with van der Waals surface area (Å²) in [5.74, 6) is -0.355. The Bertz CT molecular complexity index is 578. The molecule has 5 nitrogen and oxygen atoms in total. The second kappa shape index (κ2) is 8.50. The lowest BCUT2D eigenvalue weighted by atomic mass is 10.1. The standard InChI is InChI=1S/C15H22N2O3S.ClH/c16-8-10-17(9-6-13-4-2-1-3-5-13)15(18)14-7-11-21(19,20)12-14;/h1-5,14H,6-12,16H2;1H. The second-order valence-electron chi connectivity index (χ2n) is 5.45. The van der Waals surface area contributed by atoms with Gasteiger partial charge in [-0.25, -0.2) is 8.42 Å². The van der Waals surface area contributed by atoms with Gasteiger partial charge >= 0.3 is 0 Å². The number of benzene rings is 1. The highest BCUT2D eigenvalue weighted by atomic mass is 35.5. The fraction of sp³-hybridized carbons (Fsp3) is 0.533. The molecule has 0 spiro atoms. The third kappa shape index (κ3) is 5.26. The third-order valence-electron chi connectivity index (χ3n) is 3.81. The van der Waals surface area contributed by atoms with Crippen molar-refractivity contribution in [2.24, 2.45) is 11.7 Å². The van der Waals surface area contributed by atoms with Gasteiger partial charge in [-0.3, -0.25) is 4.79 Å². The van der Waals surface area contributed by atoms with Gasteiger partial charge in [0, 0.05) is 19.6 Å². The number of nitrogens with two attached hydrogens (primary N) is 1. The van der Waals surface area contributed by atoms with Crippen LogP contribution in [-0.4, -0.2) is 50.4 Å². The minimum Gasteiger partial charge on any atom is -0.341 e. The molecule has 22 heavy (non-hydrogen) atoms. The van der Waals surface area contributed by atoms with E-state index in [1.807, 2.05) is 30.3 Å². The molecule has 1 aromatic carbocycles. The Morgan fingerprint density at radius 2 is 1.91 bits per heavy atom. The van der Waals surface area contributed by atoms with E-state index in [0.717, 1.165) is 12.0 Å². The summed E-state index contributed by atoms with van der Waals surface area (Å²) in [7, 11) is -3.03. The van der Waals surface area contributed by atoms with Crippen molar-refractivity contribution in [2.75, 3.05) is 31.1 Å². The first-order valence-electron chi connectivity index (χ1n) is 7.25. The van der Waals surface area contributed by atoms with Gasteiger partial charge in [-0.1, -0.05) is 30.3 Å². The van der Waals surface area contributed by atoms with Gasteiger partial charge in [-0.15, -0.1) is 12.4 Å². The van der Waals surface area contributed by atoms with E-state index in [9.17, 15) is 13.2 Å². The molecule has 1 fully saturated rings. The maximum Gasteiger partial charge on any atom is 0.226 e. The van der Waals surface area contributed by atoms with Crippen LogP contribution in [0, 0.1) is 5.92 Å². The maximum absolute atomic E-state index is 12.5. The maximum atomic E-state index is 12.5. The monoisotopic (exact) mass is 346 g/mol. The zero-order chi connectivity index (χ0) is 15.3. The molecule has 1 unspecified atom stereocenters. The Morgan fingerprint density at radius 3 is 2.45 bits per heavy atom. The fourth-order valence-electron chi connectivity index (χ4n) is 2.64. The summed E-state index contributed by atoms with van der Waals surface area (Å²) in [5.41, 5.74) is 6.73. The predicted molar refractivity (Wildman–Crippen MR) is 89.8 cm³/mol. The number of sulfone groups is 1. The molecule has 2 rings (SSSR count). The molecule has 1 saturated heterocycles. The van der Waals surface area contributed by atoms with Crippen LogP contribution in [0.25, 0.3) is 0 Å². The van der Waals surface area contributed by atoms with Crippen LogP contribution in [0.15, 0.2) is 30.3 Å². The number of halogens is 1. The first-order valence-corrected chi connectivity index (χ1v) is 9.07. The van der Waals surface area contributed by atoms with Crippen LogP contribution >= 0.6 is 12.4 Å². The van der Waals surface area contributed by atoms with Crippen LogP contribution in [0.2, 0.25) is 0 Å². The quantitative estimate of drug-likeness (QED) is 0.829. The summed E-state index contributed by atoms with van der Waals surface area (Å²) in [4.78, 5) is 14.2. The van der Waals surface area contributed by atoms with Crippen molar-refractivity contribution >= 4 is 28.2 Å². The topological polar surface area (TPSA) is 80.5 Å². The molecule has 1 aliphatic heterocycles. The summed E-state index contributed by atoms with van der Waals surface area (Å²) >= 11 is 0. The Labute approximate surface area is 138 Å². The van der Waals surface area contributed by atoms with E-state index in [2.05, 4.69) is 0 Å². The van der Waals surface area contributed by atoms with Crippen molar-refractivity contribution in [3.63, 3.8) is 0 Å². The highest BCUT2D eigenvalue weighted by Gasteiger charge is 2.35. The number of carbonyl (C=O) groups excluding carboxylic acids is 1. The molecule has 2 N–H and O–H groups in total. The SMILES string of the molecule is Cl.NCCN(CCc1ccccc1)C(=O)C1CCS(=O)(=O)C1. The lowest BCUT2D eigenvalue weighted by molar-refractivity contribution is -0.134. The highest BCUT2D eigenvalue weighted by molar-refractivity contribution is 7.91. The molecule has 124 valence electrons. The predicted octanol–water partition coefficient (Wildman–Crippen LogP) is 0.873. The molecule has 0 radical (unpaired) electrons. The minimum absolute atomic E-state index is 0. The van der Waals surface area contributed by atoms with Crippen molar-refractivity contribution in [2.45, 2.75) is 12.8 Å². The number of nitrogens with zero attached hydrogens (tertiary/aromatic N) is 1. The van der Waals surface area contributed by atoms with Crippen molar-refractivity contribution in [3.05, 3.63) is 35.9 Å². The molecule has 0 saturated carbocycles. The number of carbonyl (C=O) groups is 1. The van der Waals surface area contributed by atoms with E-state index in [4.69, 9.17) is 5.73 Å². The van der Waals surface area contributed by atoms with E-state index in [0.29, 0.717) is 26.1 Å². The molecular formula is C15H23ClN2O3S. The Morgan fingerprint density at radius 1 is 1.23 bits per heavy atom. The molecule has 7 heteroatoms. The van der Waals surface area contributed by atoms with Gasteiger partial charge in [0.05, 0.1) is 17.4 Å². The molecule has 1 aromatic rings. The highest BCUT2D eigenvalue weighted by Crippen LogP contribution is 2.20. The summed E-state index contributed by atoms with van der Waals surface area (Å²) in [5, 5.41) is 0. The zero-order valence-corrected chi connectivity index (χ0v) is 14.1. The van der Waals surface area contributed by atoms with Crippen LogP contribution < -0.4 is 5.73 Å². The van der Waals surface area contributed by atoms with E-state index in [1.54, 1.807) is 4.90 Å². The van der Waals surface area contributed by atoms with Crippen LogP contribution in [-0.2, 0) is 21.1 Å². The van der Waals surface area contributed by atoms with Crippen LogP contribution in [0.1, 0.15) is 12.0 Å². The fourth-order valence-corrected chi connectivity index (χ4v) is 4.38. The van der Waals surface area contributed by atoms with Crippen molar-refractivity contribution < 1.29 is 13.2 Å². The molecule has 1 aliphatic rings. The van der Waals surface area contributed by atoms with Crippen molar-refractivity contribution in [3.8, 4) is 0 Å². The number of amides is 1. The second-order valence-corrected chi connectivity index (χ2v) is 7.68. The largest absolute Gasteiger partial charge is 0.341 e. The first-order chi connectivity index (χ1) is 10.0. The van der Waals surface area contributed by atoms with Crippen molar-refractivity contribution in [1.29, 1.82) is 0 Å². The van der Waals surface area contributed by atoms with E-state index in [1.165, 1.54) is 0 Å². The lowest BCUT2D eigenvalue weighted by Crippen LogP contribution is -2.41. The Kier molecular flexibility index (Phi) is 7.32. The molecule has 1 atom stereocenters. The van der Waals surface area contributed by atoms with Crippen LogP contribution in [0.3, 0.4) is 0 Å². The van der Waals surface area contributed by atoms with E-state index < -0.39 is 15.8 Å². The Hall–Kier alpha value is -1.11. The molecule has 0 aliphatic carbocycles. The van der Waals surface area contributed by atoms with Gasteiger partial charge in [-0.05, 0) is 18.4 Å². The first kappa shape index (κ1) is 18.9. The number of hydrogen-bond donors (Lipinski definition) is 1. The van der Waals surface area contributed by atoms with Crippen LogP contribution in [0.4, 0.5) is 0 Å². The average Bonchev–Trinajstić information content (AvgIpc) is 2.84. The number of rotatable bonds is 6. The lowest BCUT2D eigenvalue weighted by Gasteiger charge is -2.24. The van der Waals surface area contributed by atoms with Crippen LogP contribution in [0.5, 0.6) is 0 Å². The van der Waals surface area contributed by atoms with Crippen molar-refractivity contribution in [1.82, 2.24) is 4.90 Å². The van der Waals surface area contributed by atoms with E-state index in [-0.39, 0.29) is 29.8 Å². The van der Waals surface area contributed by atoms with Gasteiger partial charge in [-0.2, -0.15) is 0 Å². The molecule has 1 heterocycles. The molecule has 0 bridgehead atoms. The molecular weight excluding hydrogens is 324 g/mol. The smallest absolute Gasteiger partial charge is 0.226 e. The summed E-state index contributed by atoms with van der Waals surface area (Å²) in [6.45, 7) is 1.44. The third-order valence-corrected chi connectivity index (χ3v) is 5.57. The normalized spacial score (nSPS) is 19.4. The average molecular weight is 347 g/mol. The number of hydrogen-bond acceptors (Lipinski definition) is 4. The molecule has 0 aromatic heterocycles. The van der Waals surface area contributed by atoms with Gasteiger partial charge in [0.2, 0.25) is 5.91 Å². The molecule has 1 amide bonds. The zero-order valence-electron chi connectivity index (χ0n) is 12.5. The van der Waals surface area contributed by atoms with Gasteiger partial charge in [0.15, 0.2) is 9.84 Å². The summed E-state index contributed by atoms with van der Waals surface area (Å²) in [6.07, 6.45) is 1.19. The summed E-state index contributed by atoms with van der Waals surface area (Å²) in [6, 6.07) is 9.92.